The molecule has 0 aliphatic heterocycles. The van der Waals surface area contributed by atoms with Crippen molar-refractivity contribution in [3.63, 3.8) is 0 Å². The third-order valence-electron chi connectivity index (χ3n) is 2.94. The maximum atomic E-state index is 5.78. The van der Waals surface area contributed by atoms with E-state index in [0.29, 0.717) is 11.8 Å². The van der Waals surface area contributed by atoms with Crippen molar-refractivity contribution >= 4 is 27.7 Å². The first-order chi connectivity index (χ1) is 10.2. The molecule has 5 heteroatoms. The maximum Gasteiger partial charge on any atom is 0.247 e. The molecular formula is C16H13BrN2OS. The molecule has 1 atom stereocenters. The number of halogens is 1. The van der Waals surface area contributed by atoms with E-state index in [1.807, 2.05) is 42.5 Å². The highest BCUT2D eigenvalue weighted by Gasteiger charge is 2.16. The Morgan fingerprint density at radius 3 is 2.43 bits per heavy atom. The lowest BCUT2D eigenvalue weighted by atomic mass is 10.2. The third-order valence-corrected chi connectivity index (χ3v) is 4.56. The zero-order chi connectivity index (χ0) is 14.7. The topological polar surface area (TPSA) is 38.9 Å². The van der Waals surface area contributed by atoms with Crippen LogP contribution in [0.1, 0.15) is 18.1 Å². The van der Waals surface area contributed by atoms with E-state index in [9.17, 15) is 0 Å². The minimum atomic E-state index is 0.108. The van der Waals surface area contributed by atoms with Crippen molar-refractivity contribution < 1.29 is 4.42 Å². The first-order valence-electron chi connectivity index (χ1n) is 6.53. The van der Waals surface area contributed by atoms with Crippen LogP contribution in [-0.4, -0.2) is 10.2 Å². The molecule has 2 aromatic carbocycles. The summed E-state index contributed by atoms with van der Waals surface area (Å²) in [5, 5.41) is 8.39. The standard InChI is InChI=1S/C16H13BrN2OS/c1-11(21-14-9-7-13(17)8-10-14)15-18-19-16(20-15)12-5-3-2-4-6-12/h2-11H,1H3/t11-/m0/s1. The van der Waals surface area contributed by atoms with Crippen molar-refractivity contribution in [3.8, 4) is 11.5 Å². The fraction of sp³-hybridized carbons (Fsp3) is 0.125. The minimum absolute atomic E-state index is 0.108. The number of benzene rings is 2. The van der Waals surface area contributed by atoms with E-state index in [-0.39, 0.29) is 5.25 Å². The molecule has 0 aliphatic rings. The molecule has 0 fully saturated rings. The Labute approximate surface area is 135 Å². The van der Waals surface area contributed by atoms with Gasteiger partial charge in [0, 0.05) is 14.9 Å². The summed E-state index contributed by atoms with van der Waals surface area (Å²) >= 11 is 5.13. The van der Waals surface area contributed by atoms with Crippen molar-refractivity contribution in [2.75, 3.05) is 0 Å². The summed E-state index contributed by atoms with van der Waals surface area (Å²) in [5.41, 5.74) is 0.942. The molecule has 0 aliphatic carbocycles. The molecule has 3 nitrogen and oxygen atoms in total. The molecule has 1 heterocycles. The van der Waals surface area contributed by atoms with Gasteiger partial charge in [0.1, 0.15) is 0 Å². The fourth-order valence-corrected chi connectivity index (χ4v) is 3.03. The molecule has 106 valence electrons. The predicted octanol–water partition coefficient (Wildman–Crippen LogP) is 5.35. The lowest BCUT2D eigenvalue weighted by molar-refractivity contribution is 0.509. The first-order valence-corrected chi connectivity index (χ1v) is 8.20. The Hall–Kier alpha value is -1.59. The van der Waals surface area contributed by atoms with Gasteiger partial charge in [-0.1, -0.05) is 34.1 Å². The molecule has 3 rings (SSSR count). The van der Waals surface area contributed by atoms with E-state index in [4.69, 9.17) is 4.42 Å². The van der Waals surface area contributed by atoms with Gasteiger partial charge >= 0.3 is 0 Å². The summed E-state index contributed by atoms with van der Waals surface area (Å²) in [6.45, 7) is 2.06. The molecule has 0 radical (unpaired) electrons. The first kappa shape index (κ1) is 14.4. The van der Waals surface area contributed by atoms with E-state index < -0.39 is 0 Å². The SMILES string of the molecule is C[C@H](Sc1ccc(Br)cc1)c1nnc(-c2ccccc2)o1. The van der Waals surface area contributed by atoms with Crippen LogP contribution in [-0.2, 0) is 0 Å². The summed E-state index contributed by atoms with van der Waals surface area (Å²) < 4.78 is 6.85. The van der Waals surface area contributed by atoms with Crippen LogP contribution in [0.25, 0.3) is 11.5 Å². The predicted molar refractivity (Wildman–Crippen MR) is 88.1 cm³/mol. The highest BCUT2D eigenvalue weighted by atomic mass is 79.9. The van der Waals surface area contributed by atoms with Gasteiger partial charge in [0.15, 0.2) is 0 Å². The Balaban J connectivity index is 1.75. The normalized spacial score (nSPS) is 12.3. The van der Waals surface area contributed by atoms with Crippen LogP contribution in [0.5, 0.6) is 0 Å². The molecule has 3 aromatic rings. The van der Waals surface area contributed by atoms with E-state index in [2.05, 4.69) is 45.2 Å². The smallest absolute Gasteiger partial charge is 0.247 e. The Morgan fingerprint density at radius 2 is 1.71 bits per heavy atom. The van der Waals surface area contributed by atoms with Gasteiger partial charge in [-0.2, -0.15) is 0 Å². The second kappa shape index (κ2) is 6.45. The van der Waals surface area contributed by atoms with Gasteiger partial charge in [-0.05, 0) is 43.3 Å². The molecule has 0 unspecified atom stereocenters. The Kier molecular flexibility index (Phi) is 4.41. The zero-order valence-electron chi connectivity index (χ0n) is 11.4. The van der Waals surface area contributed by atoms with Gasteiger partial charge in [-0.25, -0.2) is 0 Å². The molecule has 0 saturated heterocycles. The summed E-state index contributed by atoms with van der Waals surface area (Å²) in [5.74, 6) is 1.20. The van der Waals surface area contributed by atoms with E-state index in [1.165, 1.54) is 4.90 Å². The molecular weight excluding hydrogens is 348 g/mol. The third kappa shape index (κ3) is 3.54. The molecule has 0 N–H and O–H groups in total. The average molecular weight is 361 g/mol. The van der Waals surface area contributed by atoms with E-state index in [1.54, 1.807) is 11.8 Å². The van der Waals surface area contributed by atoms with Gasteiger partial charge in [0.05, 0.1) is 5.25 Å². The molecule has 0 bridgehead atoms. The summed E-state index contributed by atoms with van der Waals surface area (Å²) in [4.78, 5) is 1.17. The van der Waals surface area contributed by atoms with E-state index >= 15 is 0 Å². The van der Waals surface area contributed by atoms with Crippen LogP contribution in [0.4, 0.5) is 0 Å². The van der Waals surface area contributed by atoms with Crippen LogP contribution in [0.2, 0.25) is 0 Å². The fourth-order valence-electron chi connectivity index (χ4n) is 1.86. The highest BCUT2D eigenvalue weighted by molar-refractivity contribution is 9.10. The van der Waals surface area contributed by atoms with Crippen LogP contribution in [0.15, 0.2) is 68.4 Å². The van der Waals surface area contributed by atoms with Gasteiger partial charge in [0.2, 0.25) is 11.8 Å². The van der Waals surface area contributed by atoms with Crippen molar-refractivity contribution in [1.29, 1.82) is 0 Å². The lowest BCUT2D eigenvalue weighted by Crippen LogP contribution is -1.88. The van der Waals surface area contributed by atoms with Gasteiger partial charge < -0.3 is 4.42 Å². The minimum Gasteiger partial charge on any atom is -0.419 e. The number of nitrogens with zero attached hydrogens (tertiary/aromatic N) is 2. The molecule has 0 amide bonds. The molecule has 0 saturated carbocycles. The lowest BCUT2D eigenvalue weighted by Gasteiger charge is -2.06. The molecule has 1 aromatic heterocycles. The summed E-state index contributed by atoms with van der Waals surface area (Å²) in [6, 6.07) is 18.0. The average Bonchev–Trinajstić information content (AvgIpc) is 3.00. The van der Waals surface area contributed by atoms with Gasteiger partial charge in [-0.15, -0.1) is 22.0 Å². The van der Waals surface area contributed by atoms with Crippen LogP contribution in [0, 0.1) is 0 Å². The number of aromatic nitrogens is 2. The largest absolute Gasteiger partial charge is 0.419 e. The zero-order valence-corrected chi connectivity index (χ0v) is 13.8. The Bertz CT molecular complexity index is 713. The van der Waals surface area contributed by atoms with Crippen molar-refractivity contribution in [2.24, 2.45) is 0 Å². The molecule has 0 spiro atoms. The van der Waals surface area contributed by atoms with Crippen LogP contribution < -0.4 is 0 Å². The monoisotopic (exact) mass is 360 g/mol. The second-order valence-electron chi connectivity index (χ2n) is 4.53. The van der Waals surface area contributed by atoms with Crippen molar-refractivity contribution in [1.82, 2.24) is 10.2 Å². The van der Waals surface area contributed by atoms with Crippen LogP contribution in [0.3, 0.4) is 0 Å². The Morgan fingerprint density at radius 1 is 1.00 bits per heavy atom. The highest BCUT2D eigenvalue weighted by Crippen LogP contribution is 2.35. The molecule has 21 heavy (non-hydrogen) atoms. The van der Waals surface area contributed by atoms with Gasteiger partial charge in [0.25, 0.3) is 0 Å². The summed E-state index contributed by atoms with van der Waals surface area (Å²) in [6.07, 6.45) is 0. The quantitative estimate of drug-likeness (QED) is 0.587. The number of rotatable bonds is 4. The number of thioether (sulfide) groups is 1. The van der Waals surface area contributed by atoms with Crippen molar-refractivity contribution in [2.45, 2.75) is 17.1 Å². The summed E-state index contributed by atoms with van der Waals surface area (Å²) in [7, 11) is 0. The van der Waals surface area contributed by atoms with Gasteiger partial charge in [-0.3, -0.25) is 0 Å². The second-order valence-corrected chi connectivity index (χ2v) is 6.86. The maximum absolute atomic E-state index is 5.78. The van der Waals surface area contributed by atoms with Crippen molar-refractivity contribution in [3.05, 3.63) is 65.0 Å². The van der Waals surface area contributed by atoms with Crippen LogP contribution >= 0.6 is 27.7 Å². The number of hydrogen-bond acceptors (Lipinski definition) is 4. The van der Waals surface area contributed by atoms with E-state index in [0.717, 1.165) is 10.0 Å². The number of hydrogen-bond donors (Lipinski definition) is 0.